The second-order valence-corrected chi connectivity index (χ2v) is 4.50. The topological polar surface area (TPSA) is 82.5 Å². The number of nitrogens with two attached hydrogens (primary N) is 1. The van der Waals surface area contributed by atoms with Crippen LogP contribution in [0.15, 0.2) is 48.7 Å². The molecule has 3 aromatic rings. The molecule has 1 aromatic carbocycles. The van der Waals surface area contributed by atoms with Crippen molar-refractivity contribution in [2.24, 2.45) is 5.73 Å². The highest BCUT2D eigenvalue weighted by Crippen LogP contribution is 2.14. The quantitative estimate of drug-likeness (QED) is 0.780. The first-order valence-corrected chi connectivity index (χ1v) is 6.31. The maximum Gasteiger partial charge on any atom is 0.205 e. The lowest BCUT2D eigenvalue weighted by Gasteiger charge is -2.04. The van der Waals surface area contributed by atoms with Crippen molar-refractivity contribution >= 4 is 0 Å². The predicted molar refractivity (Wildman–Crippen MR) is 75.0 cm³/mol. The smallest absolute Gasteiger partial charge is 0.205 e. The van der Waals surface area contributed by atoms with E-state index in [4.69, 9.17) is 5.73 Å². The Morgan fingerprint density at radius 2 is 1.90 bits per heavy atom. The molecule has 3 rings (SSSR count). The number of tetrazole rings is 1. The summed E-state index contributed by atoms with van der Waals surface area (Å²) >= 11 is 0. The van der Waals surface area contributed by atoms with Crippen LogP contribution >= 0.6 is 0 Å². The highest BCUT2D eigenvalue weighted by Gasteiger charge is 2.08. The van der Waals surface area contributed by atoms with E-state index in [-0.39, 0.29) is 6.04 Å². The number of rotatable bonds is 3. The minimum Gasteiger partial charge on any atom is -0.323 e. The molecule has 0 saturated heterocycles. The van der Waals surface area contributed by atoms with Crippen LogP contribution in [0.4, 0.5) is 0 Å². The van der Waals surface area contributed by atoms with E-state index in [2.05, 4.69) is 20.4 Å². The van der Waals surface area contributed by atoms with Crippen molar-refractivity contribution in [3.63, 3.8) is 0 Å². The van der Waals surface area contributed by atoms with Crippen LogP contribution in [0.25, 0.3) is 17.1 Å². The lowest BCUT2D eigenvalue weighted by molar-refractivity contribution is 0.710. The monoisotopic (exact) mass is 266 g/mol. The van der Waals surface area contributed by atoms with Crippen LogP contribution in [0, 0.1) is 0 Å². The Bertz CT molecular complexity index is 687. The first-order valence-electron chi connectivity index (χ1n) is 6.31. The van der Waals surface area contributed by atoms with Gasteiger partial charge in [0.25, 0.3) is 0 Å². The maximum atomic E-state index is 5.77. The van der Waals surface area contributed by atoms with Gasteiger partial charge in [0.05, 0.1) is 11.9 Å². The zero-order chi connectivity index (χ0) is 13.9. The highest BCUT2D eigenvalue weighted by molar-refractivity contribution is 5.53. The summed E-state index contributed by atoms with van der Waals surface area (Å²) in [5.41, 5.74) is 8.28. The Balaban J connectivity index is 1.90. The van der Waals surface area contributed by atoms with Crippen molar-refractivity contribution in [3.05, 3.63) is 54.4 Å². The number of pyridine rings is 1. The van der Waals surface area contributed by atoms with Gasteiger partial charge >= 0.3 is 0 Å². The summed E-state index contributed by atoms with van der Waals surface area (Å²) in [7, 11) is 0. The molecule has 20 heavy (non-hydrogen) atoms. The van der Waals surface area contributed by atoms with E-state index in [1.165, 1.54) is 4.80 Å². The standard InChI is InChI=1S/C14H14N6/c1-10(15)13-8-7-12(9-16-13)20-18-14(17-19-20)11-5-3-2-4-6-11/h2-10H,15H2,1H3/t10-/m0/s1. The third kappa shape index (κ3) is 2.41. The van der Waals surface area contributed by atoms with Crippen LogP contribution in [-0.4, -0.2) is 25.2 Å². The third-order valence-electron chi connectivity index (χ3n) is 2.91. The van der Waals surface area contributed by atoms with Crippen molar-refractivity contribution < 1.29 is 0 Å². The molecule has 0 fully saturated rings. The summed E-state index contributed by atoms with van der Waals surface area (Å²) in [5.74, 6) is 0.585. The number of nitrogens with zero attached hydrogens (tertiary/aromatic N) is 5. The summed E-state index contributed by atoms with van der Waals surface area (Å²) < 4.78 is 0. The highest BCUT2D eigenvalue weighted by atomic mass is 15.6. The van der Waals surface area contributed by atoms with E-state index in [9.17, 15) is 0 Å². The first kappa shape index (κ1) is 12.4. The molecule has 0 aliphatic carbocycles. The third-order valence-corrected chi connectivity index (χ3v) is 2.91. The second-order valence-electron chi connectivity index (χ2n) is 4.50. The van der Waals surface area contributed by atoms with Crippen LogP contribution in [0.2, 0.25) is 0 Å². The average molecular weight is 266 g/mol. The molecule has 1 atom stereocenters. The fourth-order valence-electron chi connectivity index (χ4n) is 1.81. The number of benzene rings is 1. The minimum absolute atomic E-state index is 0.0902. The molecule has 0 spiro atoms. The SMILES string of the molecule is C[C@H](N)c1ccc(-n2nnc(-c3ccccc3)n2)cn1. The molecule has 2 aromatic heterocycles. The fourth-order valence-corrected chi connectivity index (χ4v) is 1.81. The van der Waals surface area contributed by atoms with Gasteiger partial charge < -0.3 is 5.73 Å². The molecule has 0 radical (unpaired) electrons. The first-order chi connectivity index (χ1) is 9.74. The average Bonchev–Trinajstić information content (AvgIpc) is 2.98. The molecular formula is C14H14N6. The van der Waals surface area contributed by atoms with Gasteiger partial charge in [-0.2, -0.15) is 0 Å². The maximum absolute atomic E-state index is 5.77. The summed E-state index contributed by atoms with van der Waals surface area (Å²) in [6, 6.07) is 13.4. The molecule has 0 aliphatic heterocycles. The largest absolute Gasteiger partial charge is 0.323 e. The van der Waals surface area contributed by atoms with E-state index in [1.807, 2.05) is 49.4 Å². The fraction of sp³-hybridized carbons (Fsp3) is 0.143. The van der Waals surface area contributed by atoms with Gasteiger partial charge in [0, 0.05) is 11.6 Å². The summed E-state index contributed by atoms with van der Waals surface area (Å²) in [6.45, 7) is 1.89. The molecule has 0 saturated carbocycles. The van der Waals surface area contributed by atoms with Crippen molar-refractivity contribution in [1.29, 1.82) is 0 Å². The molecule has 0 aliphatic rings. The zero-order valence-electron chi connectivity index (χ0n) is 11.0. The molecule has 2 heterocycles. The van der Waals surface area contributed by atoms with Crippen molar-refractivity contribution in [3.8, 4) is 17.1 Å². The Hall–Kier alpha value is -2.60. The van der Waals surface area contributed by atoms with Crippen LogP contribution in [0.3, 0.4) is 0 Å². The normalized spacial score (nSPS) is 12.3. The Morgan fingerprint density at radius 1 is 1.10 bits per heavy atom. The van der Waals surface area contributed by atoms with E-state index < -0.39 is 0 Å². The van der Waals surface area contributed by atoms with Crippen molar-refractivity contribution in [2.75, 3.05) is 0 Å². The lowest BCUT2D eigenvalue weighted by Crippen LogP contribution is -2.08. The molecule has 6 nitrogen and oxygen atoms in total. The molecule has 6 heteroatoms. The van der Waals surface area contributed by atoms with Gasteiger partial charge in [0.1, 0.15) is 5.69 Å². The number of hydrogen-bond donors (Lipinski definition) is 1. The summed E-state index contributed by atoms with van der Waals surface area (Å²) in [6.07, 6.45) is 1.69. The van der Waals surface area contributed by atoms with E-state index in [0.717, 1.165) is 16.9 Å². The molecule has 0 bridgehead atoms. The zero-order valence-corrected chi connectivity index (χ0v) is 11.0. The van der Waals surface area contributed by atoms with Gasteiger partial charge in [-0.3, -0.25) is 4.98 Å². The number of hydrogen-bond acceptors (Lipinski definition) is 5. The number of aromatic nitrogens is 5. The van der Waals surface area contributed by atoms with Crippen LogP contribution < -0.4 is 5.73 Å². The van der Waals surface area contributed by atoms with Crippen LogP contribution in [0.1, 0.15) is 18.7 Å². The second kappa shape index (κ2) is 5.18. The van der Waals surface area contributed by atoms with Gasteiger partial charge in [-0.15, -0.1) is 15.0 Å². The molecule has 2 N–H and O–H groups in total. The van der Waals surface area contributed by atoms with Crippen LogP contribution in [0.5, 0.6) is 0 Å². The Labute approximate surface area is 116 Å². The van der Waals surface area contributed by atoms with E-state index in [0.29, 0.717) is 5.82 Å². The summed E-state index contributed by atoms with van der Waals surface area (Å²) in [4.78, 5) is 5.74. The van der Waals surface area contributed by atoms with Gasteiger partial charge in [-0.25, -0.2) is 0 Å². The molecule has 100 valence electrons. The molecule has 0 unspecified atom stereocenters. The Morgan fingerprint density at radius 3 is 2.55 bits per heavy atom. The molecular weight excluding hydrogens is 252 g/mol. The minimum atomic E-state index is -0.0902. The van der Waals surface area contributed by atoms with Gasteiger partial charge in [0.2, 0.25) is 5.82 Å². The predicted octanol–water partition coefficient (Wildman–Crippen LogP) is 1.74. The van der Waals surface area contributed by atoms with E-state index >= 15 is 0 Å². The lowest BCUT2D eigenvalue weighted by atomic mass is 10.2. The van der Waals surface area contributed by atoms with Crippen molar-refractivity contribution in [2.45, 2.75) is 13.0 Å². The van der Waals surface area contributed by atoms with Crippen molar-refractivity contribution in [1.82, 2.24) is 25.2 Å². The van der Waals surface area contributed by atoms with Gasteiger partial charge in [-0.05, 0) is 24.3 Å². The molecule has 0 amide bonds. The summed E-state index contributed by atoms with van der Waals surface area (Å²) in [5, 5.41) is 12.4. The van der Waals surface area contributed by atoms with Gasteiger partial charge in [0.15, 0.2) is 0 Å². The van der Waals surface area contributed by atoms with Gasteiger partial charge in [-0.1, -0.05) is 30.3 Å². The van der Waals surface area contributed by atoms with Crippen LogP contribution in [-0.2, 0) is 0 Å². The van der Waals surface area contributed by atoms with E-state index in [1.54, 1.807) is 6.20 Å². The Kier molecular flexibility index (Phi) is 3.22.